The van der Waals surface area contributed by atoms with E-state index >= 15 is 0 Å². The topological polar surface area (TPSA) is 69.7 Å². The first kappa shape index (κ1) is 16.5. The van der Waals surface area contributed by atoms with Gasteiger partial charge in [0.15, 0.2) is 5.78 Å². The molecule has 2 aromatic rings. The Morgan fingerprint density at radius 2 is 1.86 bits per heavy atom. The Hall–Kier alpha value is -1.86. The molecule has 5 nitrogen and oxygen atoms in total. The minimum atomic E-state index is -4.00. The summed E-state index contributed by atoms with van der Waals surface area (Å²) in [6.45, 7) is 1.40. The molecule has 0 heterocycles. The summed E-state index contributed by atoms with van der Waals surface area (Å²) in [5.41, 5.74) is 0.378. The zero-order valence-electron chi connectivity index (χ0n) is 11.9. The molecule has 0 atom stereocenters. The van der Waals surface area contributed by atoms with Crippen molar-refractivity contribution in [3.63, 3.8) is 0 Å². The van der Waals surface area contributed by atoms with E-state index in [0.29, 0.717) is 15.8 Å². The van der Waals surface area contributed by atoms with Crippen LogP contribution >= 0.6 is 15.9 Å². The summed E-state index contributed by atoms with van der Waals surface area (Å²) < 4.78 is 35.1. The first-order chi connectivity index (χ1) is 10.3. The van der Waals surface area contributed by atoms with Gasteiger partial charge in [0.05, 0.1) is 11.6 Å². The molecular formula is C15H13BrO5S. The van der Waals surface area contributed by atoms with Crippen LogP contribution in [0.1, 0.15) is 17.3 Å². The molecule has 0 aliphatic heterocycles. The van der Waals surface area contributed by atoms with Crippen LogP contribution in [-0.2, 0) is 10.1 Å². The number of ketones is 1. The second-order valence-electron chi connectivity index (χ2n) is 4.42. The summed E-state index contributed by atoms with van der Waals surface area (Å²) in [6, 6.07) is 10.3. The fourth-order valence-corrected chi connectivity index (χ4v) is 3.39. The van der Waals surface area contributed by atoms with Gasteiger partial charge >= 0.3 is 10.1 Å². The molecule has 0 spiro atoms. The van der Waals surface area contributed by atoms with Crippen LogP contribution in [0.5, 0.6) is 11.5 Å². The standard InChI is InChI=1S/C15H13BrO5S/c1-10(17)11-4-3-5-12(8-11)21-22(18,19)13-6-7-15(20-2)14(16)9-13/h3-9H,1-2H3. The van der Waals surface area contributed by atoms with Crippen LogP contribution in [0.15, 0.2) is 51.8 Å². The summed E-state index contributed by atoms with van der Waals surface area (Å²) >= 11 is 3.23. The molecule has 2 aromatic carbocycles. The molecule has 0 N–H and O–H groups in total. The fourth-order valence-electron chi connectivity index (χ4n) is 1.74. The number of ether oxygens (including phenoxy) is 1. The maximum Gasteiger partial charge on any atom is 0.339 e. The Morgan fingerprint density at radius 3 is 2.45 bits per heavy atom. The van der Waals surface area contributed by atoms with Crippen molar-refractivity contribution in [1.29, 1.82) is 0 Å². The summed E-state index contributed by atoms with van der Waals surface area (Å²) in [5.74, 6) is 0.423. The van der Waals surface area contributed by atoms with Crippen LogP contribution < -0.4 is 8.92 Å². The molecule has 0 aliphatic rings. The highest BCUT2D eigenvalue weighted by Gasteiger charge is 2.18. The molecule has 0 saturated heterocycles. The van der Waals surface area contributed by atoms with E-state index in [0.717, 1.165) is 0 Å². The van der Waals surface area contributed by atoms with E-state index in [9.17, 15) is 13.2 Å². The molecule has 0 aliphatic carbocycles. The van der Waals surface area contributed by atoms with Gasteiger partial charge in [-0.2, -0.15) is 8.42 Å². The van der Waals surface area contributed by atoms with E-state index in [1.54, 1.807) is 12.1 Å². The predicted molar refractivity (Wildman–Crippen MR) is 85.0 cm³/mol. The van der Waals surface area contributed by atoms with Crippen LogP contribution in [-0.4, -0.2) is 21.3 Å². The minimum Gasteiger partial charge on any atom is -0.496 e. The van der Waals surface area contributed by atoms with E-state index in [1.165, 1.54) is 44.4 Å². The Bertz CT molecular complexity index is 814. The molecule has 0 radical (unpaired) electrons. The number of carbonyl (C=O) groups is 1. The molecule has 0 fully saturated rings. The van der Waals surface area contributed by atoms with Crippen molar-refractivity contribution in [3.05, 3.63) is 52.5 Å². The smallest absolute Gasteiger partial charge is 0.339 e. The van der Waals surface area contributed by atoms with Gasteiger partial charge in [-0.15, -0.1) is 0 Å². The summed E-state index contributed by atoms with van der Waals surface area (Å²) in [7, 11) is -2.52. The molecule has 0 amide bonds. The zero-order chi connectivity index (χ0) is 16.3. The van der Waals surface area contributed by atoms with Crippen molar-refractivity contribution in [2.45, 2.75) is 11.8 Å². The number of hydrogen-bond donors (Lipinski definition) is 0. The molecule has 2 rings (SSSR count). The molecule has 0 saturated carbocycles. The van der Waals surface area contributed by atoms with Crippen LogP contribution in [0.2, 0.25) is 0 Å². The minimum absolute atomic E-state index is 0.0200. The molecular weight excluding hydrogens is 372 g/mol. The van der Waals surface area contributed by atoms with Crippen molar-refractivity contribution in [3.8, 4) is 11.5 Å². The number of benzene rings is 2. The molecule has 0 aromatic heterocycles. The lowest BCUT2D eigenvalue weighted by Crippen LogP contribution is -2.10. The molecule has 7 heteroatoms. The average molecular weight is 385 g/mol. The van der Waals surface area contributed by atoms with Crippen LogP contribution in [0.4, 0.5) is 0 Å². The summed E-state index contributed by atoms with van der Waals surface area (Å²) in [4.78, 5) is 11.3. The molecule has 116 valence electrons. The molecule has 0 unspecified atom stereocenters. The monoisotopic (exact) mass is 384 g/mol. The highest BCUT2D eigenvalue weighted by atomic mass is 79.9. The lowest BCUT2D eigenvalue weighted by Gasteiger charge is -2.09. The lowest BCUT2D eigenvalue weighted by molar-refractivity contribution is 0.101. The number of hydrogen-bond acceptors (Lipinski definition) is 5. The number of Topliss-reactive ketones (excluding diaryl/α,β-unsaturated/α-hetero) is 1. The SMILES string of the molecule is COc1ccc(S(=O)(=O)Oc2cccc(C(C)=O)c2)cc1Br. The number of methoxy groups -OCH3 is 1. The van der Waals surface area contributed by atoms with Gasteiger partial charge in [0.1, 0.15) is 16.4 Å². The predicted octanol–water partition coefficient (Wildman–Crippen LogP) is 3.43. The van der Waals surface area contributed by atoms with Crippen LogP contribution in [0.25, 0.3) is 0 Å². The van der Waals surface area contributed by atoms with Gasteiger partial charge in [0.25, 0.3) is 0 Å². The first-order valence-corrected chi connectivity index (χ1v) is 8.42. The third kappa shape index (κ3) is 3.66. The highest BCUT2D eigenvalue weighted by Crippen LogP contribution is 2.29. The van der Waals surface area contributed by atoms with Crippen molar-refractivity contribution < 1.29 is 22.1 Å². The Labute approximate surface area is 137 Å². The third-order valence-electron chi connectivity index (χ3n) is 2.86. The Balaban J connectivity index is 2.33. The fraction of sp³-hybridized carbons (Fsp3) is 0.133. The quantitative estimate of drug-likeness (QED) is 0.583. The van der Waals surface area contributed by atoms with E-state index in [4.69, 9.17) is 8.92 Å². The normalized spacial score (nSPS) is 11.0. The number of carbonyl (C=O) groups excluding carboxylic acids is 1. The lowest BCUT2D eigenvalue weighted by atomic mass is 10.1. The highest BCUT2D eigenvalue weighted by molar-refractivity contribution is 9.10. The molecule has 22 heavy (non-hydrogen) atoms. The van der Waals surface area contributed by atoms with Crippen LogP contribution in [0.3, 0.4) is 0 Å². The van der Waals surface area contributed by atoms with Crippen molar-refractivity contribution in [2.24, 2.45) is 0 Å². The van der Waals surface area contributed by atoms with Crippen molar-refractivity contribution in [2.75, 3.05) is 7.11 Å². The van der Waals surface area contributed by atoms with Gasteiger partial charge in [-0.05, 0) is 53.2 Å². The van der Waals surface area contributed by atoms with Crippen molar-refractivity contribution in [1.82, 2.24) is 0 Å². The van der Waals surface area contributed by atoms with Gasteiger partial charge in [0, 0.05) is 5.56 Å². The Kier molecular flexibility index (Phi) is 4.87. The summed E-state index contributed by atoms with van der Waals surface area (Å²) in [6.07, 6.45) is 0. The maximum absolute atomic E-state index is 12.3. The van der Waals surface area contributed by atoms with Gasteiger partial charge in [0.2, 0.25) is 0 Å². The maximum atomic E-state index is 12.3. The first-order valence-electron chi connectivity index (χ1n) is 6.22. The molecule has 0 bridgehead atoms. The number of halogens is 1. The van der Waals surface area contributed by atoms with Gasteiger partial charge in [-0.1, -0.05) is 12.1 Å². The van der Waals surface area contributed by atoms with E-state index < -0.39 is 10.1 Å². The van der Waals surface area contributed by atoms with E-state index in [-0.39, 0.29) is 16.4 Å². The van der Waals surface area contributed by atoms with E-state index in [1.807, 2.05) is 0 Å². The average Bonchev–Trinajstić information content (AvgIpc) is 2.47. The zero-order valence-corrected chi connectivity index (χ0v) is 14.3. The van der Waals surface area contributed by atoms with E-state index in [2.05, 4.69) is 15.9 Å². The Morgan fingerprint density at radius 1 is 1.14 bits per heavy atom. The largest absolute Gasteiger partial charge is 0.496 e. The number of rotatable bonds is 5. The summed E-state index contributed by atoms with van der Waals surface area (Å²) in [5, 5.41) is 0. The van der Waals surface area contributed by atoms with Crippen molar-refractivity contribution >= 4 is 31.8 Å². The third-order valence-corrected chi connectivity index (χ3v) is 4.72. The van der Waals surface area contributed by atoms with Gasteiger partial charge in [-0.25, -0.2) is 0 Å². The van der Waals surface area contributed by atoms with Gasteiger partial charge < -0.3 is 8.92 Å². The van der Waals surface area contributed by atoms with Crippen LogP contribution in [0, 0.1) is 0 Å². The second-order valence-corrected chi connectivity index (χ2v) is 6.82. The second kappa shape index (κ2) is 6.50. The van der Waals surface area contributed by atoms with Gasteiger partial charge in [-0.3, -0.25) is 4.79 Å².